The highest BCUT2D eigenvalue weighted by Crippen LogP contribution is 2.23. The molecule has 0 heterocycles. The molecule has 3 aromatic rings. The van der Waals surface area contributed by atoms with E-state index in [4.69, 9.17) is 4.74 Å². The van der Waals surface area contributed by atoms with Gasteiger partial charge in [-0.25, -0.2) is 0 Å². The first-order chi connectivity index (χ1) is 14.8. The molecule has 3 aromatic carbocycles. The van der Waals surface area contributed by atoms with E-state index < -0.39 is 0 Å². The lowest BCUT2D eigenvalue weighted by atomic mass is 10.1. The Kier molecular flexibility index (Phi) is 9.20. The van der Waals surface area contributed by atoms with Crippen LogP contribution in [0.15, 0.2) is 66.7 Å². The number of nitrogens with zero attached hydrogens (tertiary/aromatic N) is 1. The molecule has 0 aliphatic heterocycles. The lowest BCUT2D eigenvalue weighted by molar-refractivity contribution is 0.190. The van der Waals surface area contributed by atoms with Gasteiger partial charge in [0, 0.05) is 13.1 Å². The zero-order valence-electron chi connectivity index (χ0n) is 18.2. The van der Waals surface area contributed by atoms with Gasteiger partial charge in [-0.05, 0) is 78.7 Å². The number of fused-ring (bicyclic) bond motifs is 1. The summed E-state index contributed by atoms with van der Waals surface area (Å²) in [7, 11) is 0. The molecule has 30 heavy (non-hydrogen) atoms. The van der Waals surface area contributed by atoms with Crippen molar-refractivity contribution in [3.8, 4) is 5.75 Å². The summed E-state index contributed by atoms with van der Waals surface area (Å²) in [6, 6.07) is 23.7. The summed E-state index contributed by atoms with van der Waals surface area (Å²) < 4.78 is 5.99. The summed E-state index contributed by atoms with van der Waals surface area (Å²) >= 11 is 0. The fourth-order valence-electron chi connectivity index (χ4n) is 3.89. The van der Waals surface area contributed by atoms with E-state index in [1.54, 1.807) is 0 Å². The number of aliphatic hydroxyl groups is 1. The highest BCUT2D eigenvalue weighted by atomic mass is 16.5. The van der Waals surface area contributed by atoms with Crippen LogP contribution in [0.4, 0.5) is 0 Å². The van der Waals surface area contributed by atoms with Crippen molar-refractivity contribution in [2.24, 2.45) is 0 Å². The van der Waals surface area contributed by atoms with E-state index in [1.807, 2.05) is 0 Å². The lowest BCUT2D eigenvalue weighted by Gasteiger charge is -2.20. The average Bonchev–Trinajstić information content (AvgIpc) is 2.77. The first-order valence-corrected chi connectivity index (χ1v) is 11.3. The van der Waals surface area contributed by atoms with Crippen molar-refractivity contribution >= 4 is 10.8 Å². The van der Waals surface area contributed by atoms with Crippen LogP contribution in [0.5, 0.6) is 5.75 Å². The second kappa shape index (κ2) is 12.4. The van der Waals surface area contributed by atoms with E-state index in [2.05, 4.69) is 78.6 Å². The van der Waals surface area contributed by atoms with Crippen LogP contribution >= 0.6 is 0 Å². The minimum atomic E-state index is 0.209. The largest absolute Gasteiger partial charge is 0.494 e. The number of aryl methyl sites for hydroxylation is 1. The molecule has 0 bridgehead atoms. The number of hydrogen-bond acceptors (Lipinski definition) is 3. The summed E-state index contributed by atoms with van der Waals surface area (Å²) in [4.78, 5) is 2.30. The zero-order chi connectivity index (χ0) is 21.0. The van der Waals surface area contributed by atoms with Gasteiger partial charge in [-0.3, -0.25) is 4.90 Å². The van der Waals surface area contributed by atoms with Gasteiger partial charge in [-0.2, -0.15) is 0 Å². The van der Waals surface area contributed by atoms with E-state index in [9.17, 15) is 5.11 Å². The highest BCUT2D eigenvalue weighted by molar-refractivity contribution is 5.84. The van der Waals surface area contributed by atoms with Crippen LogP contribution in [-0.2, 0) is 13.0 Å². The third-order valence-corrected chi connectivity index (χ3v) is 5.46. The molecule has 3 rings (SSSR count). The van der Waals surface area contributed by atoms with E-state index in [-0.39, 0.29) is 6.61 Å². The van der Waals surface area contributed by atoms with Crippen molar-refractivity contribution < 1.29 is 9.84 Å². The van der Waals surface area contributed by atoms with Crippen molar-refractivity contribution in [2.45, 2.75) is 45.6 Å². The molecule has 0 spiro atoms. The molecule has 0 saturated carbocycles. The van der Waals surface area contributed by atoms with Crippen molar-refractivity contribution in [1.82, 2.24) is 4.90 Å². The van der Waals surface area contributed by atoms with Gasteiger partial charge in [0.15, 0.2) is 0 Å². The van der Waals surface area contributed by atoms with Crippen molar-refractivity contribution in [3.63, 3.8) is 0 Å². The Morgan fingerprint density at radius 1 is 0.800 bits per heavy atom. The van der Waals surface area contributed by atoms with E-state index in [0.717, 1.165) is 51.3 Å². The normalized spacial score (nSPS) is 11.3. The lowest BCUT2D eigenvalue weighted by Crippen LogP contribution is -2.27. The van der Waals surface area contributed by atoms with Gasteiger partial charge in [0.1, 0.15) is 5.75 Å². The molecule has 0 aliphatic carbocycles. The number of aliphatic hydroxyl groups excluding tert-OH is 1. The number of ether oxygens (including phenoxy) is 1. The predicted molar refractivity (Wildman–Crippen MR) is 126 cm³/mol. The van der Waals surface area contributed by atoms with Crippen molar-refractivity contribution in [1.29, 1.82) is 0 Å². The first-order valence-electron chi connectivity index (χ1n) is 11.3. The van der Waals surface area contributed by atoms with Gasteiger partial charge in [0.2, 0.25) is 0 Å². The quantitative estimate of drug-likeness (QED) is 0.363. The summed E-state index contributed by atoms with van der Waals surface area (Å²) in [6.07, 6.45) is 5.72. The number of hydrogen-bond donors (Lipinski definition) is 1. The second-order valence-electron chi connectivity index (χ2n) is 7.99. The van der Waals surface area contributed by atoms with Gasteiger partial charge in [0.05, 0.1) is 13.2 Å². The van der Waals surface area contributed by atoms with Gasteiger partial charge in [-0.15, -0.1) is 0 Å². The third kappa shape index (κ3) is 7.16. The van der Waals surface area contributed by atoms with Crippen molar-refractivity contribution in [3.05, 3.63) is 77.9 Å². The molecule has 0 aromatic heterocycles. The maximum Gasteiger partial charge on any atom is 0.119 e. The van der Waals surface area contributed by atoms with Crippen LogP contribution in [0.25, 0.3) is 10.8 Å². The predicted octanol–water partition coefficient (Wildman–Crippen LogP) is 5.84. The summed E-state index contributed by atoms with van der Waals surface area (Å²) in [5.74, 6) is 0.950. The smallest absolute Gasteiger partial charge is 0.119 e. The summed E-state index contributed by atoms with van der Waals surface area (Å²) in [6.45, 7) is 5.77. The fraction of sp³-hybridized carbons (Fsp3) is 0.407. The standard InChI is InChI=1S/C27H35NO2/c1-2-16-28(17-18-29)22-24-12-13-26-21-27(15-14-25(26)20-24)30-19-8-4-7-11-23-9-5-3-6-10-23/h3,5-6,9-10,12-15,20-21,29H,2,4,7-8,11,16-19,22H2,1H3. The van der Waals surface area contributed by atoms with E-state index in [1.165, 1.54) is 34.7 Å². The third-order valence-electron chi connectivity index (χ3n) is 5.46. The van der Waals surface area contributed by atoms with Crippen LogP contribution in [0.3, 0.4) is 0 Å². The maximum absolute atomic E-state index is 9.26. The van der Waals surface area contributed by atoms with Crippen molar-refractivity contribution in [2.75, 3.05) is 26.3 Å². The first kappa shape index (κ1) is 22.3. The molecule has 0 unspecified atom stereocenters. The minimum absolute atomic E-state index is 0.209. The summed E-state index contributed by atoms with van der Waals surface area (Å²) in [5, 5.41) is 11.7. The van der Waals surface area contributed by atoms with E-state index >= 15 is 0 Å². The molecule has 3 nitrogen and oxygen atoms in total. The fourth-order valence-corrected chi connectivity index (χ4v) is 3.89. The molecule has 3 heteroatoms. The van der Waals surface area contributed by atoms with Crippen LogP contribution in [0.1, 0.15) is 43.7 Å². The van der Waals surface area contributed by atoms with Gasteiger partial charge in [0.25, 0.3) is 0 Å². The Morgan fingerprint density at radius 2 is 1.60 bits per heavy atom. The Hall–Kier alpha value is -2.36. The Labute approximate surface area is 181 Å². The van der Waals surface area contributed by atoms with Crippen LogP contribution < -0.4 is 4.74 Å². The van der Waals surface area contributed by atoms with Gasteiger partial charge >= 0.3 is 0 Å². The molecule has 0 saturated heterocycles. The topological polar surface area (TPSA) is 32.7 Å². The van der Waals surface area contributed by atoms with Gasteiger partial charge in [-0.1, -0.05) is 55.5 Å². The number of rotatable bonds is 13. The minimum Gasteiger partial charge on any atom is -0.494 e. The number of benzene rings is 3. The van der Waals surface area contributed by atoms with E-state index in [0.29, 0.717) is 0 Å². The maximum atomic E-state index is 9.26. The van der Waals surface area contributed by atoms with Crippen LogP contribution in [-0.4, -0.2) is 36.3 Å². The highest BCUT2D eigenvalue weighted by Gasteiger charge is 2.06. The zero-order valence-corrected chi connectivity index (χ0v) is 18.2. The molecule has 1 N–H and O–H groups in total. The Balaban J connectivity index is 1.45. The van der Waals surface area contributed by atoms with Crippen LogP contribution in [0.2, 0.25) is 0 Å². The molecular weight excluding hydrogens is 370 g/mol. The molecule has 160 valence electrons. The Bertz CT molecular complexity index is 872. The molecule has 0 amide bonds. The summed E-state index contributed by atoms with van der Waals surface area (Å²) in [5.41, 5.74) is 2.71. The molecular formula is C27H35NO2. The monoisotopic (exact) mass is 405 g/mol. The molecule has 0 fully saturated rings. The average molecular weight is 406 g/mol. The molecule has 0 aliphatic rings. The second-order valence-corrected chi connectivity index (χ2v) is 7.99. The molecule has 0 radical (unpaired) electrons. The SMILES string of the molecule is CCCN(CCO)Cc1ccc2cc(OCCCCCc3ccccc3)ccc2c1. The number of unbranched alkanes of at least 4 members (excludes halogenated alkanes) is 2. The van der Waals surface area contributed by atoms with Crippen LogP contribution in [0, 0.1) is 0 Å². The Morgan fingerprint density at radius 3 is 2.40 bits per heavy atom. The van der Waals surface area contributed by atoms with Gasteiger partial charge < -0.3 is 9.84 Å². The molecule has 0 atom stereocenters.